The zero-order chi connectivity index (χ0) is 10.1. The Morgan fingerprint density at radius 1 is 1.21 bits per heavy atom. The zero-order valence-corrected chi connectivity index (χ0v) is 8.52. The minimum Gasteiger partial charge on any atom is -0.217 e. The van der Waals surface area contributed by atoms with Crippen LogP contribution in [0.4, 0.5) is 0 Å². The smallest absolute Gasteiger partial charge is 0.175 e. The maximum atomic E-state index is 4.39. The first-order valence-electron chi connectivity index (χ1n) is 4.51. The van der Waals surface area contributed by atoms with Crippen molar-refractivity contribution in [3.63, 3.8) is 0 Å². The second kappa shape index (κ2) is 3.21. The van der Waals surface area contributed by atoms with Gasteiger partial charge in [0, 0.05) is 11.9 Å². The summed E-state index contributed by atoms with van der Waals surface area (Å²) in [5, 5.41) is 12.2. The molecule has 0 aliphatic carbocycles. The van der Waals surface area contributed by atoms with Crippen molar-refractivity contribution < 1.29 is 0 Å². The minimum absolute atomic E-state index is 0.765. The van der Waals surface area contributed by atoms with Crippen LogP contribution in [0.5, 0.6) is 0 Å². The van der Waals surface area contributed by atoms with Gasteiger partial charge in [0.05, 0.1) is 5.69 Å². The third-order valence-electron chi connectivity index (χ3n) is 2.43. The summed E-state index contributed by atoms with van der Waals surface area (Å²) in [6.07, 6.45) is 1.65. The fourth-order valence-electron chi connectivity index (χ4n) is 1.35. The Bertz CT molecular complexity index is 445. The Morgan fingerprint density at radius 2 is 2.00 bits per heavy atom. The highest BCUT2D eigenvalue weighted by Gasteiger charge is 2.08. The molecule has 0 radical (unpaired) electrons. The standard InChI is InChI=1S/C10H12N4/c1-7-8(2)13-14(9(7)3)10-5-4-6-11-12-10/h4-6H,1-3H3. The van der Waals surface area contributed by atoms with E-state index in [-0.39, 0.29) is 0 Å². The van der Waals surface area contributed by atoms with Gasteiger partial charge in [-0.3, -0.25) is 0 Å². The first-order chi connectivity index (χ1) is 6.70. The van der Waals surface area contributed by atoms with Crippen molar-refractivity contribution in [3.8, 4) is 5.82 Å². The van der Waals surface area contributed by atoms with Crippen LogP contribution in [-0.2, 0) is 0 Å². The molecule has 0 unspecified atom stereocenters. The fourth-order valence-corrected chi connectivity index (χ4v) is 1.35. The van der Waals surface area contributed by atoms with Crippen molar-refractivity contribution in [3.05, 3.63) is 35.3 Å². The lowest BCUT2D eigenvalue weighted by Gasteiger charge is -2.00. The zero-order valence-electron chi connectivity index (χ0n) is 8.52. The van der Waals surface area contributed by atoms with Gasteiger partial charge in [0.15, 0.2) is 5.82 Å². The summed E-state index contributed by atoms with van der Waals surface area (Å²) in [6, 6.07) is 3.75. The third kappa shape index (κ3) is 1.28. The van der Waals surface area contributed by atoms with Crippen LogP contribution in [0, 0.1) is 20.8 Å². The van der Waals surface area contributed by atoms with E-state index in [1.807, 2.05) is 30.7 Å². The van der Waals surface area contributed by atoms with Crippen molar-refractivity contribution in [2.24, 2.45) is 0 Å². The molecule has 2 aromatic heterocycles. The average molecular weight is 188 g/mol. The second-order valence-corrected chi connectivity index (χ2v) is 3.29. The second-order valence-electron chi connectivity index (χ2n) is 3.29. The molecule has 0 atom stereocenters. The minimum atomic E-state index is 0.765. The number of rotatable bonds is 1. The van der Waals surface area contributed by atoms with Gasteiger partial charge in [-0.05, 0) is 38.5 Å². The van der Waals surface area contributed by atoms with Gasteiger partial charge in [-0.25, -0.2) is 4.68 Å². The fraction of sp³-hybridized carbons (Fsp3) is 0.300. The van der Waals surface area contributed by atoms with Gasteiger partial charge in [0.25, 0.3) is 0 Å². The van der Waals surface area contributed by atoms with Crippen molar-refractivity contribution in [1.29, 1.82) is 0 Å². The highest BCUT2D eigenvalue weighted by molar-refractivity contribution is 5.30. The van der Waals surface area contributed by atoms with E-state index >= 15 is 0 Å². The largest absolute Gasteiger partial charge is 0.217 e. The summed E-state index contributed by atoms with van der Waals surface area (Å²) in [6.45, 7) is 6.09. The molecule has 2 rings (SSSR count). The third-order valence-corrected chi connectivity index (χ3v) is 2.43. The lowest BCUT2D eigenvalue weighted by molar-refractivity contribution is 0.781. The van der Waals surface area contributed by atoms with Crippen LogP contribution < -0.4 is 0 Å². The van der Waals surface area contributed by atoms with Crippen LogP contribution in [0.3, 0.4) is 0 Å². The van der Waals surface area contributed by atoms with E-state index in [0.29, 0.717) is 0 Å². The van der Waals surface area contributed by atoms with E-state index < -0.39 is 0 Å². The highest BCUT2D eigenvalue weighted by Crippen LogP contribution is 2.14. The monoisotopic (exact) mass is 188 g/mol. The van der Waals surface area contributed by atoms with Crippen molar-refractivity contribution >= 4 is 0 Å². The van der Waals surface area contributed by atoms with E-state index in [9.17, 15) is 0 Å². The molecule has 0 N–H and O–H groups in total. The normalized spacial score (nSPS) is 10.5. The molecule has 0 fully saturated rings. The van der Waals surface area contributed by atoms with Crippen LogP contribution in [0.2, 0.25) is 0 Å². The Morgan fingerprint density at radius 3 is 2.50 bits per heavy atom. The van der Waals surface area contributed by atoms with Gasteiger partial charge in [-0.1, -0.05) is 0 Å². The molecule has 0 bridgehead atoms. The molecule has 14 heavy (non-hydrogen) atoms. The van der Waals surface area contributed by atoms with E-state index in [1.165, 1.54) is 5.56 Å². The quantitative estimate of drug-likeness (QED) is 0.682. The number of aromatic nitrogens is 4. The molecule has 0 aliphatic heterocycles. The maximum Gasteiger partial charge on any atom is 0.175 e. The molecule has 0 aliphatic rings. The van der Waals surface area contributed by atoms with Gasteiger partial charge in [0.1, 0.15) is 0 Å². The van der Waals surface area contributed by atoms with E-state index in [1.54, 1.807) is 6.20 Å². The molecule has 0 aromatic carbocycles. The van der Waals surface area contributed by atoms with E-state index in [4.69, 9.17) is 0 Å². The predicted octanol–water partition coefficient (Wildman–Crippen LogP) is 1.59. The first kappa shape index (κ1) is 8.87. The molecule has 72 valence electrons. The topological polar surface area (TPSA) is 43.6 Å². The summed E-state index contributed by atoms with van der Waals surface area (Å²) in [7, 11) is 0. The van der Waals surface area contributed by atoms with Crippen LogP contribution >= 0.6 is 0 Å². The lowest BCUT2D eigenvalue weighted by atomic mass is 10.2. The summed E-state index contributed by atoms with van der Waals surface area (Å²) < 4.78 is 1.82. The van der Waals surface area contributed by atoms with Gasteiger partial charge >= 0.3 is 0 Å². The van der Waals surface area contributed by atoms with Gasteiger partial charge in [-0.15, -0.1) is 5.10 Å². The molecule has 2 heterocycles. The van der Waals surface area contributed by atoms with E-state index in [0.717, 1.165) is 17.2 Å². The number of hydrogen-bond donors (Lipinski definition) is 0. The van der Waals surface area contributed by atoms with Crippen LogP contribution in [0.25, 0.3) is 5.82 Å². The first-order valence-corrected chi connectivity index (χ1v) is 4.51. The Kier molecular flexibility index (Phi) is 2.04. The van der Waals surface area contributed by atoms with Crippen LogP contribution in [0.1, 0.15) is 17.0 Å². The predicted molar refractivity (Wildman–Crippen MR) is 53.4 cm³/mol. The molecule has 0 amide bonds. The molecule has 4 nitrogen and oxygen atoms in total. The Labute approximate surface area is 82.6 Å². The van der Waals surface area contributed by atoms with Crippen LogP contribution in [0.15, 0.2) is 18.3 Å². The molecule has 0 saturated heterocycles. The van der Waals surface area contributed by atoms with Gasteiger partial charge in [-0.2, -0.15) is 10.2 Å². The summed E-state index contributed by atoms with van der Waals surface area (Å²) in [4.78, 5) is 0. The van der Waals surface area contributed by atoms with Crippen molar-refractivity contribution in [2.45, 2.75) is 20.8 Å². The van der Waals surface area contributed by atoms with E-state index in [2.05, 4.69) is 22.2 Å². The van der Waals surface area contributed by atoms with Gasteiger partial charge in [0.2, 0.25) is 0 Å². The van der Waals surface area contributed by atoms with Crippen molar-refractivity contribution in [2.75, 3.05) is 0 Å². The number of aryl methyl sites for hydroxylation is 1. The molecular weight excluding hydrogens is 176 g/mol. The Balaban J connectivity index is 2.58. The average Bonchev–Trinajstić information content (AvgIpc) is 2.47. The highest BCUT2D eigenvalue weighted by atomic mass is 15.3. The maximum absolute atomic E-state index is 4.39. The summed E-state index contributed by atoms with van der Waals surface area (Å²) >= 11 is 0. The lowest BCUT2D eigenvalue weighted by Crippen LogP contribution is -2.02. The number of hydrogen-bond acceptors (Lipinski definition) is 3. The molecule has 4 heteroatoms. The summed E-state index contributed by atoms with van der Waals surface area (Å²) in [5.41, 5.74) is 3.35. The van der Waals surface area contributed by atoms with Crippen LogP contribution in [-0.4, -0.2) is 20.0 Å². The SMILES string of the molecule is Cc1nn(-c2cccnn2)c(C)c1C. The van der Waals surface area contributed by atoms with Gasteiger partial charge < -0.3 is 0 Å². The summed E-state index contributed by atoms with van der Waals surface area (Å²) in [5.74, 6) is 0.765. The Hall–Kier alpha value is -1.71. The molecule has 0 spiro atoms. The number of nitrogens with zero attached hydrogens (tertiary/aromatic N) is 4. The molecular formula is C10H12N4. The molecule has 0 saturated carbocycles. The molecule has 2 aromatic rings. The van der Waals surface area contributed by atoms with Crippen molar-refractivity contribution in [1.82, 2.24) is 20.0 Å².